The molecule has 0 spiro atoms. The van der Waals surface area contributed by atoms with Crippen LogP contribution in [0, 0.1) is 6.92 Å². The number of carboxylic acids is 1. The molecule has 5 nitrogen and oxygen atoms in total. The Labute approximate surface area is 120 Å². The van der Waals surface area contributed by atoms with Crippen molar-refractivity contribution < 1.29 is 14.7 Å². The lowest BCUT2D eigenvalue weighted by Gasteiger charge is -2.09. The van der Waals surface area contributed by atoms with Gasteiger partial charge >= 0.3 is 5.97 Å². The third kappa shape index (κ3) is 2.95. The van der Waals surface area contributed by atoms with Crippen molar-refractivity contribution in [3.05, 3.63) is 58.4 Å². The van der Waals surface area contributed by atoms with Crippen LogP contribution < -0.4 is 5.32 Å². The molecule has 1 heterocycles. The van der Waals surface area contributed by atoms with Crippen LogP contribution in [-0.2, 0) is 0 Å². The number of carboxylic acid groups (broad SMARTS) is 1. The molecule has 1 aromatic carbocycles. The number of carbonyl (C=O) groups is 2. The van der Waals surface area contributed by atoms with Crippen LogP contribution in [0.5, 0.6) is 0 Å². The van der Waals surface area contributed by atoms with Gasteiger partial charge in [-0.25, -0.2) is 4.79 Å². The SMILES string of the molecule is Cc1ccc(C(=O)Nc2cnccc2C(=O)O)c(Cl)c1. The van der Waals surface area contributed by atoms with Crippen molar-refractivity contribution in [1.82, 2.24) is 4.98 Å². The Morgan fingerprint density at radius 3 is 2.65 bits per heavy atom. The van der Waals surface area contributed by atoms with Crippen molar-refractivity contribution in [3.63, 3.8) is 0 Å². The number of aryl methyl sites for hydroxylation is 1. The molecule has 0 aliphatic carbocycles. The summed E-state index contributed by atoms with van der Waals surface area (Å²) < 4.78 is 0. The molecule has 2 aromatic rings. The summed E-state index contributed by atoms with van der Waals surface area (Å²) in [5.41, 5.74) is 1.30. The number of amides is 1. The first-order valence-electron chi connectivity index (χ1n) is 5.74. The molecule has 2 rings (SSSR count). The van der Waals surface area contributed by atoms with Crippen molar-refractivity contribution in [2.24, 2.45) is 0 Å². The minimum absolute atomic E-state index is 0.0309. The zero-order valence-electron chi connectivity index (χ0n) is 10.6. The summed E-state index contributed by atoms with van der Waals surface area (Å²) in [6.07, 6.45) is 2.63. The highest BCUT2D eigenvalue weighted by Gasteiger charge is 2.15. The number of aromatic nitrogens is 1. The molecule has 0 fully saturated rings. The molecule has 1 aromatic heterocycles. The van der Waals surface area contributed by atoms with Crippen LogP contribution in [0.3, 0.4) is 0 Å². The number of nitrogens with one attached hydrogen (secondary N) is 1. The van der Waals surface area contributed by atoms with Gasteiger partial charge in [-0.2, -0.15) is 0 Å². The average Bonchev–Trinajstić information content (AvgIpc) is 2.38. The van der Waals surface area contributed by atoms with Crippen molar-refractivity contribution in [2.75, 3.05) is 5.32 Å². The molecule has 0 saturated carbocycles. The van der Waals surface area contributed by atoms with Gasteiger partial charge < -0.3 is 10.4 Å². The highest BCUT2D eigenvalue weighted by molar-refractivity contribution is 6.34. The fraction of sp³-hybridized carbons (Fsp3) is 0.0714. The molecule has 6 heteroatoms. The normalized spacial score (nSPS) is 10.1. The molecule has 0 aliphatic rings. The molecule has 1 amide bonds. The number of rotatable bonds is 3. The predicted molar refractivity (Wildman–Crippen MR) is 75.3 cm³/mol. The van der Waals surface area contributed by atoms with Gasteiger partial charge in [-0.1, -0.05) is 17.7 Å². The van der Waals surface area contributed by atoms with Gasteiger partial charge in [-0.15, -0.1) is 0 Å². The van der Waals surface area contributed by atoms with E-state index in [2.05, 4.69) is 10.3 Å². The zero-order valence-corrected chi connectivity index (χ0v) is 11.3. The van der Waals surface area contributed by atoms with E-state index in [9.17, 15) is 9.59 Å². The number of hydrogen-bond donors (Lipinski definition) is 2. The quantitative estimate of drug-likeness (QED) is 0.911. The number of nitrogens with zero attached hydrogens (tertiary/aromatic N) is 1. The number of pyridine rings is 1. The summed E-state index contributed by atoms with van der Waals surface area (Å²) in [7, 11) is 0. The van der Waals surface area contributed by atoms with E-state index in [1.165, 1.54) is 18.5 Å². The summed E-state index contributed by atoms with van der Waals surface area (Å²) in [5, 5.41) is 11.8. The number of hydrogen-bond acceptors (Lipinski definition) is 3. The Balaban J connectivity index is 2.30. The molecule has 0 atom stereocenters. The van der Waals surface area contributed by atoms with Crippen LogP contribution in [-0.4, -0.2) is 22.0 Å². The second kappa shape index (κ2) is 5.71. The second-order valence-corrected chi connectivity index (χ2v) is 4.57. The smallest absolute Gasteiger partial charge is 0.337 e. The highest BCUT2D eigenvalue weighted by atomic mass is 35.5. The van der Waals surface area contributed by atoms with Gasteiger partial charge in [0, 0.05) is 6.20 Å². The Bertz CT molecular complexity index is 686. The molecular weight excluding hydrogens is 280 g/mol. The van der Waals surface area contributed by atoms with Gasteiger partial charge in [0.2, 0.25) is 0 Å². The van der Waals surface area contributed by atoms with Gasteiger partial charge in [-0.3, -0.25) is 9.78 Å². The summed E-state index contributed by atoms with van der Waals surface area (Å²) >= 11 is 6.00. The van der Waals surface area contributed by atoms with E-state index in [0.717, 1.165) is 5.56 Å². The average molecular weight is 291 g/mol. The topological polar surface area (TPSA) is 79.3 Å². The summed E-state index contributed by atoms with van der Waals surface area (Å²) in [6.45, 7) is 1.86. The number of benzene rings is 1. The lowest BCUT2D eigenvalue weighted by molar-refractivity contribution is 0.0698. The van der Waals surface area contributed by atoms with E-state index in [0.29, 0.717) is 5.02 Å². The minimum atomic E-state index is -1.14. The first-order valence-corrected chi connectivity index (χ1v) is 6.11. The number of carbonyl (C=O) groups excluding carboxylic acids is 1. The second-order valence-electron chi connectivity index (χ2n) is 4.16. The Morgan fingerprint density at radius 1 is 1.25 bits per heavy atom. The van der Waals surface area contributed by atoms with Crippen LogP contribution in [0.15, 0.2) is 36.7 Å². The highest BCUT2D eigenvalue weighted by Crippen LogP contribution is 2.20. The van der Waals surface area contributed by atoms with E-state index < -0.39 is 11.9 Å². The molecule has 20 heavy (non-hydrogen) atoms. The molecule has 102 valence electrons. The van der Waals surface area contributed by atoms with Gasteiger partial charge in [0.1, 0.15) is 0 Å². The molecule has 2 N–H and O–H groups in total. The fourth-order valence-electron chi connectivity index (χ4n) is 1.67. The van der Waals surface area contributed by atoms with Crippen LogP contribution in [0.4, 0.5) is 5.69 Å². The van der Waals surface area contributed by atoms with E-state index in [-0.39, 0.29) is 16.8 Å². The zero-order chi connectivity index (χ0) is 14.7. The Morgan fingerprint density at radius 2 is 2.00 bits per heavy atom. The standard InChI is InChI=1S/C14H11ClN2O3/c1-8-2-3-9(11(15)6-8)13(18)17-12-7-16-5-4-10(12)14(19)20/h2-7H,1H3,(H,17,18)(H,19,20). The number of anilines is 1. The molecule has 0 bridgehead atoms. The van der Waals surface area contributed by atoms with Crippen LogP contribution in [0.1, 0.15) is 26.3 Å². The van der Waals surface area contributed by atoms with Crippen LogP contribution in [0.25, 0.3) is 0 Å². The monoisotopic (exact) mass is 290 g/mol. The van der Waals surface area contributed by atoms with E-state index in [4.69, 9.17) is 16.7 Å². The molecule has 0 unspecified atom stereocenters. The molecular formula is C14H11ClN2O3. The maximum Gasteiger partial charge on any atom is 0.337 e. The van der Waals surface area contributed by atoms with Crippen molar-refractivity contribution in [2.45, 2.75) is 6.92 Å². The minimum Gasteiger partial charge on any atom is -0.478 e. The lowest BCUT2D eigenvalue weighted by Crippen LogP contribution is -2.15. The number of halogens is 1. The van der Waals surface area contributed by atoms with E-state index in [1.807, 2.05) is 6.92 Å². The largest absolute Gasteiger partial charge is 0.478 e. The molecule has 0 aliphatic heterocycles. The lowest BCUT2D eigenvalue weighted by atomic mass is 10.1. The van der Waals surface area contributed by atoms with Gasteiger partial charge in [0.05, 0.1) is 28.0 Å². The third-order valence-electron chi connectivity index (χ3n) is 2.67. The first-order chi connectivity index (χ1) is 9.49. The maximum atomic E-state index is 12.1. The van der Waals surface area contributed by atoms with Crippen molar-refractivity contribution in [3.8, 4) is 0 Å². The fourth-order valence-corrected chi connectivity index (χ4v) is 2.00. The summed E-state index contributed by atoms with van der Waals surface area (Å²) in [6, 6.07) is 6.32. The van der Waals surface area contributed by atoms with Crippen LogP contribution >= 0.6 is 11.6 Å². The Kier molecular flexibility index (Phi) is 4.00. The van der Waals surface area contributed by atoms with E-state index >= 15 is 0 Å². The number of aromatic carboxylic acids is 1. The predicted octanol–water partition coefficient (Wildman–Crippen LogP) is 2.99. The summed E-state index contributed by atoms with van der Waals surface area (Å²) in [4.78, 5) is 27.0. The van der Waals surface area contributed by atoms with Crippen molar-refractivity contribution in [1.29, 1.82) is 0 Å². The molecule has 0 radical (unpaired) electrons. The summed E-state index contributed by atoms with van der Waals surface area (Å²) in [5.74, 6) is -1.62. The van der Waals surface area contributed by atoms with Crippen LogP contribution in [0.2, 0.25) is 5.02 Å². The first kappa shape index (κ1) is 14.0. The van der Waals surface area contributed by atoms with Crippen molar-refractivity contribution >= 4 is 29.2 Å². The maximum absolute atomic E-state index is 12.1. The third-order valence-corrected chi connectivity index (χ3v) is 2.98. The van der Waals surface area contributed by atoms with E-state index in [1.54, 1.807) is 18.2 Å². The Hall–Kier alpha value is -2.40. The van der Waals surface area contributed by atoms with Gasteiger partial charge in [-0.05, 0) is 30.7 Å². The van der Waals surface area contributed by atoms with Gasteiger partial charge in [0.15, 0.2) is 0 Å². The molecule has 0 saturated heterocycles. The van der Waals surface area contributed by atoms with Gasteiger partial charge in [0.25, 0.3) is 5.91 Å².